The molecule has 2 N–H and O–H groups in total. The molecule has 28 heavy (non-hydrogen) atoms. The Morgan fingerprint density at radius 2 is 1.50 bits per heavy atom. The highest BCUT2D eigenvalue weighted by atomic mass is 19.1. The van der Waals surface area contributed by atoms with Crippen LogP contribution in [0.4, 0.5) is 26.1 Å². The van der Waals surface area contributed by atoms with Crippen LogP contribution in [0.2, 0.25) is 0 Å². The number of hydrogen-bond acceptors (Lipinski definition) is 4. The van der Waals surface area contributed by atoms with E-state index in [1.807, 2.05) is 24.3 Å². The predicted octanol–water partition coefficient (Wildman–Crippen LogP) is 5.05. The lowest BCUT2D eigenvalue weighted by Crippen LogP contribution is -2.14. The van der Waals surface area contributed by atoms with Gasteiger partial charge in [-0.3, -0.25) is 4.79 Å². The number of nitrogens with zero attached hydrogens (tertiary/aromatic N) is 2. The molecule has 0 spiro atoms. The van der Waals surface area contributed by atoms with Crippen LogP contribution in [0.3, 0.4) is 0 Å². The van der Waals surface area contributed by atoms with Crippen LogP contribution >= 0.6 is 0 Å². The van der Waals surface area contributed by atoms with E-state index < -0.39 is 11.6 Å². The number of carbonyl (C=O) groups excluding carboxylic acids is 1. The molecule has 3 aromatic rings. The van der Waals surface area contributed by atoms with Gasteiger partial charge < -0.3 is 10.6 Å². The number of rotatable bonds is 4. The molecule has 0 radical (unpaired) electrons. The Hall–Kier alpha value is -3.35. The SMILES string of the molecule is CC(C)(C)c1ccc(NC(=O)c2cnc(Nc3c(F)cccc3F)nc2)cc1. The number of hydrogen-bond donors (Lipinski definition) is 2. The lowest BCUT2D eigenvalue weighted by atomic mass is 9.87. The molecule has 2 aromatic carbocycles. The van der Waals surface area contributed by atoms with Crippen LogP contribution in [-0.4, -0.2) is 15.9 Å². The first-order valence-corrected chi connectivity index (χ1v) is 8.69. The Balaban J connectivity index is 1.68. The van der Waals surface area contributed by atoms with Crippen molar-refractivity contribution in [1.29, 1.82) is 0 Å². The number of carbonyl (C=O) groups is 1. The molecule has 3 rings (SSSR count). The second kappa shape index (κ2) is 7.72. The van der Waals surface area contributed by atoms with Crippen molar-refractivity contribution >= 4 is 23.2 Å². The van der Waals surface area contributed by atoms with E-state index in [9.17, 15) is 13.6 Å². The first-order chi connectivity index (χ1) is 13.2. The van der Waals surface area contributed by atoms with Gasteiger partial charge in [-0.2, -0.15) is 0 Å². The largest absolute Gasteiger partial charge is 0.322 e. The summed E-state index contributed by atoms with van der Waals surface area (Å²) in [4.78, 5) is 20.2. The van der Waals surface area contributed by atoms with E-state index in [0.29, 0.717) is 5.69 Å². The number of nitrogens with one attached hydrogen (secondary N) is 2. The lowest BCUT2D eigenvalue weighted by molar-refractivity contribution is 0.102. The number of benzene rings is 2. The molecular weight excluding hydrogens is 362 g/mol. The molecular formula is C21H20F2N4O. The lowest BCUT2D eigenvalue weighted by Gasteiger charge is -2.19. The van der Waals surface area contributed by atoms with Gasteiger partial charge in [0.1, 0.15) is 17.3 Å². The van der Waals surface area contributed by atoms with Crippen LogP contribution in [0, 0.1) is 11.6 Å². The quantitative estimate of drug-likeness (QED) is 0.663. The molecule has 0 bridgehead atoms. The molecule has 0 aliphatic carbocycles. The molecule has 5 nitrogen and oxygen atoms in total. The van der Waals surface area contributed by atoms with Crippen molar-refractivity contribution in [1.82, 2.24) is 9.97 Å². The topological polar surface area (TPSA) is 66.9 Å². The van der Waals surface area contributed by atoms with Crippen LogP contribution in [0.15, 0.2) is 54.9 Å². The monoisotopic (exact) mass is 382 g/mol. The molecule has 1 aromatic heterocycles. The van der Waals surface area contributed by atoms with E-state index in [2.05, 4.69) is 41.4 Å². The average molecular weight is 382 g/mol. The highest BCUT2D eigenvalue weighted by Gasteiger charge is 2.14. The van der Waals surface area contributed by atoms with Crippen LogP contribution in [0.5, 0.6) is 0 Å². The van der Waals surface area contributed by atoms with Gasteiger partial charge in [0.15, 0.2) is 0 Å². The fourth-order valence-electron chi connectivity index (χ4n) is 2.50. The fraction of sp³-hybridized carbons (Fsp3) is 0.190. The summed E-state index contributed by atoms with van der Waals surface area (Å²) in [6.45, 7) is 6.34. The Morgan fingerprint density at radius 1 is 0.929 bits per heavy atom. The summed E-state index contributed by atoms with van der Waals surface area (Å²) in [6, 6.07) is 11.1. The van der Waals surface area contributed by atoms with E-state index >= 15 is 0 Å². The minimum atomic E-state index is -0.760. The maximum atomic E-state index is 13.7. The maximum Gasteiger partial charge on any atom is 0.258 e. The Labute approximate surface area is 161 Å². The first-order valence-electron chi connectivity index (χ1n) is 8.69. The summed E-state index contributed by atoms with van der Waals surface area (Å²) in [5.41, 5.74) is 1.70. The van der Waals surface area contributed by atoms with E-state index in [1.165, 1.54) is 18.5 Å². The minimum absolute atomic E-state index is 0.0184. The zero-order valence-corrected chi connectivity index (χ0v) is 15.8. The van der Waals surface area contributed by atoms with Crippen molar-refractivity contribution in [3.63, 3.8) is 0 Å². The number of halogens is 2. The van der Waals surface area contributed by atoms with Crippen molar-refractivity contribution in [2.75, 3.05) is 10.6 Å². The van der Waals surface area contributed by atoms with E-state index in [4.69, 9.17) is 0 Å². The van der Waals surface area contributed by atoms with Gasteiger partial charge in [0.05, 0.1) is 5.56 Å². The zero-order valence-electron chi connectivity index (χ0n) is 15.8. The molecule has 0 fully saturated rings. The number of amides is 1. The summed E-state index contributed by atoms with van der Waals surface area (Å²) in [5, 5.41) is 5.24. The van der Waals surface area contributed by atoms with Gasteiger partial charge in [0, 0.05) is 18.1 Å². The molecule has 144 valence electrons. The van der Waals surface area contributed by atoms with Gasteiger partial charge in [-0.25, -0.2) is 18.7 Å². The van der Waals surface area contributed by atoms with Gasteiger partial charge in [-0.1, -0.05) is 39.0 Å². The third-order valence-corrected chi connectivity index (χ3v) is 4.12. The van der Waals surface area contributed by atoms with E-state index in [0.717, 1.165) is 17.7 Å². The minimum Gasteiger partial charge on any atom is -0.322 e. The predicted molar refractivity (Wildman–Crippen MR) is 105 cm³/mol. The third kappa shape index (κ3) is 4.49. The smallest absolute Gasteiger partial charge is 0.258 e. The first kappa shape index (κ1) is 19.4. The molecule has 0 saturated carbocycles. The summed E-state index contributed by atoms with van der Waals surface area (Å²) in [7, 11) is 0. The van der Waals surface area contributed by atoms with Crippen molar-refractivity contribution in [2.45, 2.75) is 26.2 Å². The van der Waals surface area contributed by atoms with Gasteiger partial charge >= 0.3 is 0 Å². The standard InChI is InChI=1S/C21H20F2N4O/c1-21(2,3)14-7-9-15(10-8-14)26-19(28)13-11-24-20(25-12-13)27-18-16(22)5-4-6-17(18)23/h4-12H,1-3H3,(H,26,28)(H,24,25,27). The summed E-state index contributed by atoms with van der Waals surface area (Å²) in [6.07, 6.45) is 2.57. The highest BCUT2D eigenvalue weighted by molar-refractivity contribution is 6.03. The van der Waals surface area contributed by atoms with Gasteiger partial charge in [-0.15, -0.1) is 0 Å². The van der Waals surface area contributed by atoms with Crippen molar-refractivity contribution in [3.05, 3.63) is 77.6 Å². The number of para-hydroxylation sites is 1. The fourth-order valence-corrected chi connectivity index (χ4v) is 2.50. The van der Waals surface area contributed by atoms with Gasteiger partial charge in [-0.05, 0) is 35.2 Å². The molecule has 1 amide bonds. The second-order valence-electron chi connectivity index (χ2n) is 7.30. The molecule has 0 aliphatic rings. The van der Waals surface area contributed by atoms with Crippen LogP contribution in [-0.2, 0) is 5.41 Å². The molecule has 7 heteroatoms. The van der Waals surface area contributed by atoms with Crippen LogP contribution in [0.25, 0.3) is 0 Å². The van der Waals surface area contributed by atoms with Crippen LogP contribution in [0.1, 0.15) is 36.7 Å². The Morgan fingerprint density at radius 3 is 2.04 bits per heavy atom. The average Bonchev–Trinajstić information content (AvgIpc) is 2.65. The number of aromatic nitrogens is 2. The molecule has 0 unspecified atom stereocenters. The Kier molecular flexibility index (Phi) is 5.35. The maximum absolute atomic E-state index is 13.7. The molecule has 0 atom stereocenters. The van der Waals surface area contributed by atoms with Crippen molar-refractivity contribution in [2.24, 2.45) is 0 Å². The van der Waals surface area contributed by atoms with E-state index in [-0.39, 0.29) is 28.5 Å². The summed E-state index contributed by atoms with van der Waals surface area (Å²) < 4.78 is 27.3. The second-order valence-corrected chi connectivity index (χ2v) is 7.30. The summed E-state index contributed by atoms with van der Waals surface area (Å²) >= 11 is 0. The zero-order chi connectivity index (χ0) is 20.3. The van der Waals surface area contributed by atoms with Gasteiger partial charge in [0.25, 0.3) is 5.91 Å². The third-order valence-electron chi connectivity index (χ3n) is 4.12. The summed E-state index contributed by atoms with van der Waals surface area (Å²) in [5.74, 6) is -1.92. The normalized spacial score (nSPS) is 11.2. The molecule has 1 heterocycles. The van der Waals surface area contributed by atoms with Crippen molar-refractivity contribution in [3.8, 4) is 0 Å². The Bertz CT molecular complexity index is 961. The van der Waals surface area contributed by atoms with Crippen molar-refractivity contribution < 1.29 is 13.6 Å². The highest BCUT2D eigenvalue weighted by Crippen LogP contribution is 2.24. The van der Waals surface area contributed by atoms with Gasteiger partial charge in [0.2, 0.25) is 5.95 Å². The number of anilines is 3. The molecule has 0 aliphatic heterocycles. The van der Waals surface area contributed by atoms with E-state index in [1.54, 1.807) is 0 Å². The van der Waals surface area contributed by atoms with Crippen LogP contribution < -0.4 is 10.6 Å². The molecule has 0 saturated heterocycles.